The fourth-order valence-electron chi connectivity index (χ4n) is 2.35. The number of nitrogens with zero attached hydrogens (tertiary/aromatic N) is 3. The van der Waals surface area contributed by atoms with Crippen molar-refractivity contribution >= 4 is 23.2 Å². The van der Waals surface area contributed by atoms with Crippen molar-refractivity contribution in [2.45, 2.75) is 0 Å². The van der Waals surface area contributed by atoms with E-state index in [-0.39, 0.29) is 5.91 Å². The Kier molecular flexibility index (Phi) is 4.48. The molecule has 6 nitrogen and oxygen atoms in total. The number of hydrogen-bond acceptors (Lipinski definition) is 4. The van der Waals surface area contributed by atoms with Crippen molar-refractivity contribution in [2.75, 3.05) is 12.4 Å². The SMILES string of the molecule is COc1ccncc1NC(=O)c1cn(C)nc1-c1ccccc1Cl. The van der Waals surface area contributed by atoms with E-state index in [1.165, 1.54) is 13.3 Å². The van der Waals surface area contributed by atoms with Gasteiger partial charge < -0.3 is 10.1 Å². The van der Waals surface area contributed by atoms with Gasteiger partial charge in [0.15, 0.2) is 0 Å². The molecule has 3 aromatic rings. The Labute approximate surface area is 144 Å². The number of nitrogens with one attached hydrogen (secondary N) is 1. The van der Waals surface area contributed by atoms with Gasteiger partial charge in [-0.3, -0.25) is 14.5 Å². The summed E-state index contributed by atoms with van der Waals surface area (Å²) in [6.07, 6.45) is 4.77. The summed E-state index contributed by atoms with van der Waals surface area (Å²) in [5.41, 5.74) is 2.11. The van der Waals surface area contributed by atoms with Crippen LogP contribution in [0.2, 0.25) is 5.02 Å². The van der Waals surface area contributed by atoms with Crippen LogP contribution in [0.3, 0.4) is 0 Å². The third-order valence-corrected chi connectivity index (χ3v) is 3.78. The lowest BCUT2D eigenvalue weighted by Gasteiger charge is -2.09. The van der Waals surface area contributed by atoms with Gasteiger partial charge in [0, 0.05) is 31.1 Å². The third kappa shape index (κ3) is 3.09. The van der Waals surface area contributed by atoms with Crippen molar-refractivity contribution in [3.63, 3.8) is 0 Å². The van der Waals surface area contributed by atoms with Crippen molar-refractivity contribution in [2.24, 2.45) is 7.05 Å². The minimum atomic E-state index is -0.315. The van der Waals surface area contributed by atoms with E-state index in [2.05, 4.69) is 15.4 Å². The van der Waals surface area contributed by atoms with E-state index in [4.69, 9.17) is 16.3 Å². The monoisotopic (exact) mass is 342 g/mol. The summed E-state index contributed by atoms with van der Waals surface area (Å²) in [4.78, 5) is 16.7. The first-order valence-electron chi connectivity index (χ1n) is 7.18. The van der Waals surface area contributed by atoms with E-state index < -0.39 is 0 Å². The number of halogens is 1. The molecule has 0 saturated heterocycles. The van der Waals surface area contributed by atoms with Crippen molar-refractivity contribution in [1.29, 1.82) is 0 Å². The van der Waals surface area contributed by atoms with Gasteiger partial charge in [-0.25, -0.2) is 0 Å². The number of methoxy groups -OCH3 is 1. The summed E-state index contributed by atoms with van der Waals surface area (Å²) in [7, 11) is 3.28. The number of rotatable bonds is 4. The zero-order valence-electron chi connectivity index (χ0n) is 13.2. The second-order valence-corrected chi connectivity index (χ2v) is 5.48. The Balaban J connectivity index is 1.98. The van der Waals surface area contributed by atoms with Gasteiger partial charge in [-0.2, -0.15) is 5.10 Å². The molecule has 0 spiro atoms. The van der Waals surface area contributed by atoms with Gasteiger partial charge in [-0.1, -0.05) is 29.8 Å². The molecule has 7 heteroatoms. The second-order valence-electron chi connectivity index (χ2n) is 5.07. The molecule has 122 valence electrons. The lowest BCUT2D eigenvalue weighted by atomic mass is 10.1. The number of anilines is 1. The number of carbonyl (C=O) groups excluding carboxylic acids is 1. The van der Waals surface area contributed by atoms with E-state index in [9.17, 15) is 4.79 Å². The van der Waals surface area contributed by atoms with Crippen LogP contribution < -0.4 is 10.1 Å². The van der Waals surface area contributed by atoms with Crippen LogP contribution in [0.25, 0.3) is 11.3 Å². The molecule has 0 aliphatic rings. The summed E-state index contributed by atoms with van der Waals surface area (Å²) in [5.74, 6) is 0.214. The van der Waals surface area contributed by atoms with Gasteiger partial charge in [-0.05, 0) is 6.07 Å². The van der Waals surface area contributed by atoms with Gasteiger partial charge >= 0.3 is 0 Å². The Morgan fingerprint density at radius 3 is 2.83 bits per heavy atom. The fraction of sp³-hybridized carbons (Fsp3) is 0.118. The molecule has 0 aliphatic carbocycles. The summed E-state index contributed by atoms with van der Waals surface area (Å²) in [6.45, 7) is 0. The van der Waals surface area contributed by atoms with E-state index >= 15 is 0 Å². The molecule has 0 radical (unpaired) electrons. The average molecular weight is 343 g/mol. The minimum Gasteiger partial charge on any atom is -0.494 e. The highest BCUT2D eigenvalue weighted by Crippen LogP contribution is 2.30. The van der Waals surface area contributed by atoms with Crippen LogP contribution in [0.1, 0.15) is 10.4 Å². The second kappa shape index (κ2) is 6.72. The highest BCUT2D eigenvalue weighted by molar-refractivity contribution is 6.33. The predicted molar refractivity (Wildman–Crippen MR) is 92.4 cm³/mol. The molecule has 24 heavy (non-hydrogen) atoms. The van der Waals surface area contributed by atoms with Crippen molar-refractivity contribution < 1.29 is 9.53 Å². The number of amides is 1. The van der Waals surface area contributed by atoms with Crippen molar-refractivity contribution in [3.8, 4) is 17.0 Å². The molecule has 1 aromatic carbocycles. The summed E-state index contributed by atoms with van der Waals surface area (Å²) < 4.78 is 6.80. The highest BCUT2D eigenvalue weighted by Gasteiger charge is 2.20. The van der Waals surface area contributed by atoms with Gasteiger partial charge in [0.05, 0.1) is 23.9 Å². The fourth-order valence-corrected chi connectivity index (χ4v) is 2.58. The molecule has 2 aromatic heterocycles. The lowest BCUT2D eigenvalue weighted by Crippen LogP contribution is -2.13. The van der Waals surface area contributed by atoms with Crippen LogP contribution in [-0.4, -0.2) is 27.8 Å². The maximum atomic E-state index is 12.7. The molecule has 2 heterocycles. The Bertz CT molecular complexity index is 892. The molecule has 0 unspecified atom stereocenters. The summed E-state index contributed by atoms with van der Waals surface area (Å²) in [6, 6.07) is 8.94. The predicted octanol–water partition coefficient (Wildman–Crippen LogP) is 3.40. The zero-order chi connectivity index (χ0) is 17.1. The van der Waals surface area contributed by atoms with Crippen LogP contribution in [-0.2, 0) is 7.05 Å². The zero-order valence-corrected chi connectivity index (χ0v) is 13.9. The highest BCUT2D eigenvalue weighted by atomic mass is 35.5. The van der Waals surface area contributed by atoms with Crippen molar-refractivity contribution in [3.05, 3.63) is 59.5 Å². The van der Waals surface area contributed by atoms with Gasteiger partial charge in [0.2, 0.25) is 0 Å². The minimum absolute atomic E-state index is 0.315. The Morgan fingerprint density at radius 2 is 2.08 bits per heavy atom. The summed E-state index contributed by atoms with van der Waals surface area (Å²) in [5, 5.41) is 7.70. The first kappa shape index (κ1) is 16.0. The van der Waals surface area contributed by atoms with Gasteiger partial charge in [0.25, 0.3) is 5.91 Å². The Hall–Kier alpha value is -2.86. The average Bonchev–Trinajstić information content (AvgIpc) is 2.97. The first-order chi connectivity index (χ1) is 11.6. The standard InChI is InChI=1S/C17H15ClN4O2/c1-22-10-12(16(21-22)11-5-3-4-6-13(11)18)17(23)20-14-9-19-8-7-15(14)24-2/h3-10H,1-2H3,(H,20,23). The molecule has 0 atom stereocenters. The molecular formula is C17H15ClN4O2. The number of benzene rings is 1. The topological polar surface area (TPSA) is 69.0 Å². The third-order valence-electron chi connectivity index (χ3n) is 3.45. The maximum Gasteiger partial charge on any atom is 0.259 e. The lowest BCUT2D eigenvalue weighted by molar-refractivity contribution is 0.102. The molecule has 0 fully saturated rings. The molecule has 0 saturated carbocycles. The van der Waals surface area contributed by atoms with Gasteiger partial charge in [0.1, 0.15) is 17.1 Å². The summed E-state index contributed by atoms with van der Waals surface area (Å²) >= 11 is 6.24. The quantitative estimate of drug-likeness (QED) is 0.789. The van der Waals surface area contributed by atoms with Crippen LogP contribution in [0, 0.1) is 0 Å². The maximum absolute atomic E-state index is 12.7. The van der Waals surface area contributed by atoms with E-state index in [1.807, 2.05) is 18.2 Å². The number of aryl methyl sites for hydroxylation is 1. The van der Waals surface area contributed by atoms with E-state index in [0.717, 1.165) is 0 Å². The molecular weight excluding hydrogens is 328 g/mol. The smallest absolute Gasteiger partial charge is 0.259 e. The normalized spacial score (nSPS) is 10.5. The van der Waals surface area contributed by atoms with Crippen LogP contribution >= 0.6 is 11.6 Å². The van der Waals surface area contributed by atoms with E-state index in [0.29, 0.717) is 33.3 Å². The first-order valence-corrected chi connectivity index (χ1v) is 7.56. The van der Waals surface area contributed by atoms with Crippen LogP contribution in [0.4, 0.5) is 5.69 Å². The van der Waals surface area contributed by atoms with Crippen LogP contribution in [0.15, 0.2) is 48.9 Å². The largest absolute Gasteiger partial charge is 0.494 e. The number of ether oxygens (including phenoxy) is 1. The van der Waals surface area contributed by atoms with Crippen molar-refractivity contribution in [1.82, 2.24) is 14.8 Å². The molecule has 0 bridgehead atoms. The van der Waals surface area contributed by atoms with Crippen LogP contribution in [0.5, 0.6) is 5.75 Å². The van der Waals surface area contributed by atoms with Gasteiger partial charge in [-0.15, -0.1) is 0 Å². The number of aromatic nitrogens is 3. The number of pyridine rings is 1. The molecule has 1 amide bonds. The number of carbonyl (C=O) groups is 1. The molecule has 3 rings (SSSR count). The molecule has 1 N–H and O–H groups in total. The number of hydrogen-bond donors (Lipinski definition) is 1. The van der Waals surface area contributed by atoms with E-state index in [1.54, 1.807) is 36.3 Å². The Morgan fingerprint density at radius 1 is 1.29 bits per heavy atom. The molecule has 0 aliphatic heterocycles.